The van der Waals surface area contributed by atoms with Gasteiger partial charge < -0.3 is 9.84 Å². The second-order valence-corrected chi connectivity index (χ2v) is 4.06. The number of aliphatic hydroxyl groups excluding tert-OH is 1. The van der Waals surface area contributed by atoms with Gasteiger partial charge in [0.25, 0.3) is 0 Å². The molecule has 2 rings (SSSR count). The van der Waals surface area contributed by atoms with Crippen molar-refractivity contribution in [3.8, 4) is 5.75 Å². The Balaban J connectivity index is 2.46. The van der Waals surface area contributed by atoms with Gasteiger partial charge in [-0.1, -0.05) is 12.1 Å². The molecule has 0 spiro atoms. The summed E-state index contributed by atoms with van der Waals surface area (Å²) in [4.78, 5) is 0. The number of rotatable bonds is 3. The largest absolute Gasteiger partial charge is 0.494 e. The highest BCUT2D eigenvalue weighted by Crippen LogP contribution is 2.29. The number of aliphatic hydroxyl groups is 1. The maximum Gasteiger partial charge on any atom is 0.194 e. The van der Waals surface area contributed by atoms with Crippen molar-refractivity contribution in [1.82, 2.24) is 0 Å². The molecule has 20 heavy (non-hydrogen) atoms. The summed E-state index contributed by atoms with van der Waals surface area (Å²) in [5.74, 6) is -5.31. The average Bonchev–Trinajstić information content (AvgIpc) is 2.45. The van der Waals surface area contributed by atoms with Gasteiger partial charge in [-0.2, -0.15) is 0 Å². The summed E-state index contributed by atoms with van der Waals surface area (Å²) in [6.45, 7) is 0. The molecular formula is C14H10F4O2. The Morgan fingerprint density at radius 3 is 2.25 bits per heavy atom. The van der Waals surface area contributed by atoms with Crippen LogP contribution in [0.25, 0.3) is 0 Å². The highest BCUT2D eigenvalue weighted by molar-refractivity contribution is 5.37. The van der Waals surface area contributed by atoms with E-state index < -0.39 is 34.9 Å². The first-order valence-corrected chi connectivity index (χ1v) is 5.60. The molecule has 0 saturated heterocycles. The molecule has 0 aliphatic rings. The molecule has 0 aliphatic heterocycles. The maximum absolute atomic E-state index is 13.6. The molecule has 2 aromatic rings. The Hall–Kier alpha value is -2.08. The summed E-state index contributed by atoms with van der Waals surface area (Å²) in [5.41, 5.74) is -0.356. The first-order valence-electron chi connectivity index (χ1n) is 5.60. The van der Waals surface area contributed by atoms with Crippen LogP contribution in [0.4, 0.5) is 17.6 Å². The van der Waals surface area contributed by atoms with Crippen molar-refractivity contribution in [3.63, 3.8) is 0 Å². The SMILES string of the molecule is COc1cc(C(O)c2ccc(F)c(F)c2F)ccc1F. The zero-order chi connectivity index (χ0) is 14.9. The fourth-order valence-electron chi connectivity index (χ4n) is 1.78. The van der Waals surface area contributed by atoms with Gasteiger partial charge >= 0.3 is 0 Å². The lowest BCUT2D eigenvalue weighted by Crippen LogP contribution is -2.06. The van der Waals surface area contributed by atoms with Gasteiger partial charge in [0.2, 0.25) is 0 Å². The zero-order valence-corrected chi connectivity index (χ0v) is 10.3. The molecule has 1 unspecified atom stereocenters. The van der Waals surface area contributed by atoms with E-state index in [9.17, 15) is 22.7 Å². The molecule has 2 nitrogen and oxygen atoms in total. The second kappa shape index (κ2) is 5.50. The van der Waals surface area contributed by atoms with E-state index in [1.807, 2.05) is 0 Å². The zero-order valence-electron chi connectivity index (χ0n) is 10.3. The average molecular weight is 286 g/mol. The van der Waals surface area contributed by atoms with E-state index >= 15 is 0 Å². The third kappa shape index (κ3) is 2.46. The molecule has 2 aromatic carbocycles. The Labute approximate surface area is 112 Å². The molecule has 1 atom stereocenters. The van der Waals surface area contributed by atoms with Gasteiger partial charge in [-0.25, -0.2) is 17.6 Å². The monoisotopic (exact) mass is 286 g/mol. The van der Waals surface area contributed by atoms with Gasteiger partial charge in [0.1, 0.15) is 6.10 Å². The molecule has 1 N–H and O–H groups in total. The fraction of sp³-hybridized carbons (Fsp3) is 0.143. The first-order chi connectivity index (χ1) is 9.45. The number of hydrogen-bond acceptors (Lipinski definition) is 2. The number of halogens is 4. The number of hydrogen-bond donors (Lipinski definition) is 1. The number of methoxy groups -OCH3 is 1. The number of benzene rings is 2. The van der Waals surface area contributed by atoms with Gasteiger partial charge in [0.15, 0.2) is 29.0 Å². The van der Waals surface area contributed by atoms with Crippen LogP contribution in [0.5, 0.6) is 5.75 Å². The molecule has 106 valence electrons. The van der Waals surface area contributed by atoms with Crippen LogP contribution in [0.3, 0.4) is 0 Å². The first kappa shape index (κ1) is 14.3. The molecule has 0 radical (unpaired) electrons. The standard InChI is InChI=1S/C14H10F4O2/c1-20-11-6-7(2-4-9(11)15)14(19)8-3-5-10(16)13(18)12(8)17/h2-6,14,19H,1H3. The molecule has 6 heteroatoms. The van der Waals surface area contributed by atoms with Crippen molar-refractivity contribution >= 4 is 0 Å². The lowest BCUT2D eigenvalue weighted by molar-refractivity contribution is 0.212. The van der Waals surface area contributed by atoms with Crippen molar-refractivity contribution in [1.29, 1.82) is 0 Å². The smallest absolute Gasteiger partial charge is 0.194 e. The molecule has 0 aliphatic carbocycles. The van der Waals surface area contributed by atoms with E-state index in [-0.39, 0.29) is 11.3 Å². The highest BCUT2D eigenvalue weighted by Gasteiger charge is 2.21. The van der Waals surface area contributed by atoms with Gasteiger partial charge in [-0.3, -0.25) is 0 Å². The van der Waals surface area contributed by atoms with Crippen LogP contribution in [-0.2, 0) is 0 Å². The van der Waals surface area contributed by atoms with Crippen LogP contribution in [0.1, 0.15) is 17.2 Å². The number of ether oxygens (including phenoxy) is 1. The third-order valence-electron chi connectivity index (χ3n) is 2.85. The third-order valence-corrected chi connectivity index (χ3v) is 2.85. The molecule has 0 heterocycles. The van der Waals surface area contributed by atoms with Crippen LogP contribution in [0, 0.1) is 23.3 Å². The molecular weight excluding hydrogens is 276 g/mol. The summed E-state index contributed by atoms with van der Waals surface area (Å²) in [6.07, 6.45) is -1.57. The van der Waals surface area contributed by atoms with E-state index in [4.69, 9.17) is 4.74 Å². The summed E-state index contributed by atoms with van der Waals surface area (Å²) >= 11 is 0. The molecule has 0 fully saturated rings. The molecule has 0 bridgehead atoms. The summed E-state index contributed by atoms with van der Waals surface area (Å²) in [6, 6.07) is 5.01. The summed E-state index contributed by atoms with van der Waals surface area (Å²) in [5, 5.41) is 9.99. The normalized spacial score (nSPS) is 12.3. The van der Waals surface area contributed by atoms with Crippen LogP contribution in [-0.4, -0.2) is 12.2 Å². The summed E-state index contributed by atoms with van der Waals surface area (Å²) < 4.78 is 57.5. The van der Waals surface area contributed by atoms with E-state index in [1.54, 1.807) is 0 Å². The second-order valence-electron chi connectivity index (χ2n) is 4.06. The molecule has 0 amide bonds. The van der Waals surface area contributed by atoms with Crippen molar-refractivity contribution in [3.05, 3.63) is 64.7 Å². The fourth-order valence-corrected chi connectivity index (χ4v) is 1.78. The van der Waals surface area contributed by atoms with Gasteiger partial charge in [-0.05, 0) is 23.8 Å². The Bertz CT molecular complexity index is 643. The Kier molecular flexibility index (Phi) is 3.94. The summed E-state index contributed by atoms with van der Waals surface area (Å²) in [7, 11) is 1.23. The maximum atomic E-state index is 13.6. The van der Waals surface area contributed by atoms with E-state index in [2.05, 4.69) is 0 Å². The minimum Gasteiger partial charge on any atom is -0.494 e. The van der Waals surface area contributed by atoms with Crippen LogP contribution < -0.4 is 4.74 Å². The van der Waals surface area contributed by atoms with Crippen molar-refractivity contribution in [2.45, 2.75) is 6.10 Å². The van der Waals surface area contributed by atoms with E-state index in [0.29, 0.717) is 6.07 Å². The lowest BCUT2D eigenvalue weighted by Gasteiger charge is -2.14. The predicted octanol–water partition coefficient (Wildman–Crippen LogP) is 3.33. The minimum absolute atomic E-state index is 0.0909. The van der Waals surface area contributed by atoms with Gasteiger partial charge in [0, 0.05) is 5.56 Å². The van der Waals surface area contributed by atoms with Gasteiger partial charge in [0.05, 0.1) is 7.11 Å². The lowest BCUT2D eigenvalue weighted by atomic mass is 10.0. The van der Waals surface area contributed by atoms with Gasteiger partial charge in [-0.15, -0.1) is 0 Å². The Morgan fingerprint density at radius 1 is 0.950 bits per heavy atom. The quantitative estimate of drug-likeness (QED) is 0.692. The van der Waals surface area contributed by atoms with Crippen molar-refractivity contribution in [2.24, 2.45) is 0 Å². The molecule has 0 saturated carbocycles. The highest BCUT2D eigenvalue weighted by atomic mass is 19.2. The minimum atomic E-state index is -1.67. The topological polar surface area (TPSA) is 29.5 Å². The molecule has 0 aromatic heterocycles. The van der Waals surface area contributed by atoms with Crippen LogP contribution in [0.15, 0.2) is 30.3 Å². The predicted molar refractivity (Wildman–Crippen MR) is 63.3 cm³/mol. The van der Waals surface area contributed by atoms with Crippen molar-refractivity contribution in [2.75, 3.05) is 7.11 Å². The van der Waals surface area contributed by atoms with E-state index in [1.165, 1.54) is 13.2 Å². The Morgan fingerprint density at radius 2 is 1.60 bits per heavy atom. The van der Waals surface area contributed by atoms with Crippen LogP contribution in [0.2, 0.25) is 0 Å². The van der Waals surface area contributed by atoms with Crippen LogP contribution >= 0.6 is 0 Å². The van der Waals surface area contributed by atoms with E-state index in [0.717, 1.165) is 18.2 Å². The van der Waals surface area contributed by atoms with Crippen molar-refractivity contribution < 1.29 is 27.4 Å².